The van der Waals surface area contributed by atoms with Crippen LogP contribution >= 0.6 is 0 Å². The summed E-state index contributed by atoms with van der Waals surface area (Å²) in [7, 11) is 0. The van der Waals surface area contributed by atoms with Crippen molar-refractivity contribution in [3.05, 3.63) is 28.6 Å². The number of nitrogens with zero attached hydrogens (tertiary/aromatic N) is 3. The van der Waals surface area contributed by atoms with E-state index in [-0.39, 0.29) is 5.69 Å². The molecule has 0 amide bonds. The van der Waals surface area contributed by atoms with Gasteiger partial charge in [-0.3, -0.25) is 0 Å². The van der Waals surface area contributed by atoms with Crippen molar-refractivity contribution in [3.8, 4) is 0 Å². The van der Waals surface area contributed by atoms with Crippen molar-refractivity contribution in [1.29, 1.82) is 0 Å². The summed E-state index contributed by atoms with van der Waals surface area (Å²) in [6.45, 7) is 7.64. The third kappa shape index (κ3) is 3.66. The Labute approximate surface area is 118 Å². The van der Waals surface area contributed by atoms with Gasteiger partial charge in [-0.2, -0.15) is 5.10 Å². The highest BCUT2D eigenvalue weighted by Gasteiger charge is 2.12. The van der Waals surface area contributed by atoms with Gasteiger partial charge in [-0.1, -0.05) is 20.8 Å². The van der Waals surface area contributed by atoms with Crippen LogP contribution in [0.1, 0.15) is 39.3 Å². The van der Waals surface area contributed by atoms with E-state index < -0.39 is 0 Å². The van der Waals surface area contributed by atoms with Gasteiger partial charge in [-0.25, -0.2) is 19.3 Å². The molecule has 0 radical (unpaired) electrons. The minimum absolute atomic E-state index is 0.248. The fourth-order valence-electron chi connectivity index (χ4n) is 2.37. The molecule has 2 aromatic rings. The van der Waals surface area contributed by atoms with Gasteiger partial charge in [0.2, 0.25) is 0 Å². The lowest BCUT2D eigenvalue weighted by Gasteiger charge is -2.20. The van der Waals surface area contributed by atoms with Crippen LogP contribution in [0.2, 0.25) is 0 Å². The highest BCUT2D eigenvalue weighted by molar-refractivity contribution is 5.36. The van der Waals surface area contributed by atoms with E-state index >= 15 is 0 Å². The first-order valence-electron chi connectivity index (χ1n) is 7.25. The number of nitrogens with one attached hydrogen (secondary N) is 2. The van der Waals surface area contributed by atoms with Crippen LogP contribution in [-0.2, 0) is 6.42 Å². The first-order chi connectivity index (χ1) is 9.60. The lowest BCUT2D eigenvalue weighted by Crippen LogP contribution is -2.33. The van der Waals surface area contributed by atoms with Crippen molar-refractivity contribution in [2.24, 2.45) is 5.92 Å². The Balaban J connectivity index is 2.12. The lowest BCUT2D eigenvalue weighted by atomic mass is 9.99. The normalized spacial score (nSPS) is 13.2. The van der Waals surface area contributed by atoms with Crippen molar-refractivity contribution in [2.75, 3.05) is 6.54 Å². The monoisotopic (exact) mass is 277 g/mol. The Morgan fingerprint density at radius 3 is 2.95 bits per heavy atom. The average molecular weight is 277 g/mol. The van der Waals surface area contributed by atoms with Gasteiger partial charge in [-0.05, 0) is 25.3 Å². The molecule has 2 rings (SSSR count). The van der Waals surface area contributed by atoms with Crippen LogP contribution in [0.4, 0.5) is 0 Å². The molecule has 20 heavy (non-hydrogen) atoms. The number of H-pyrrole nitrogens is 1. The van der Waals surface area contributed by atoms with E-state index in [1.165, 1.54) is 4.40 Å². The first kappa shape index (κ1) is 14.7. The summed E-state index contributed by atoms with van der Waals surface area (Å²) in [5.74, 6) is 0.640. The van der Waals surface area contributed by atoms with E-state index in [4.69, 9.17) is 0 Å². The van der Waals surface area contributed by atoms with Crippen LogP contribution in [0.3, 0.4) is 0 Å². The van der Waals surface area contributed by atoms with Gasteiger partial charge in [0.1, 0.15) is 6.33 Å². The lowest BCUT2D eigenvalue weighted by molar-refractivity contribution is 0.413. The molecule has 0 aliphatic rings. The minimum atomic E-state index is -0.248. The molecule has 0 aromatic carbocycles. The van der Waals surface area contributed by atoms with Crippen molar-refractivity contribution in [3.63, 3.8) is 0 Å². The molecule has 2 heterocycles. The maximum atomic E-state index is 11.4. The molecule has 2 aromatic heterocycles. The molecule has 0 aliphatic heterocycles. The van der Waals surface area contributed by atoms with Crippen LogP contribution in [0, 0.1) is 5.92 Å². The van der Waals surface area contributed by atoms with Gasteiger partial charge in [0.25, 0.3) is 0 Å². The first-order valence-corrected chi connectivity index (χ1v) is 7.25. The summed E-state index contributed by atoms with van der Waals surface area (Å²) in [5.41, 5.74) is 1.34. The molecule has 0 saturated heterocycles. The van der Waals surface area contributed by atoms with E-state index in [9.17, 15) is 4.79 Å². The van der Waals surface area contributed by atoms with Crippen LogP contribution in [-0.4, -0.2) is 32.2 Å². The number of rotatable bonds is 7. The van der Waals surface area contributed by atoms with Gasteiger partial charge in [0.05, 0.1) is 0 Å². The Morgan fingerprint density at radius 2 is 2.25 bits per heavy atom. The van der Waals surface area contributed by atoms with Crippen LogP contribution in [0.25, 0.3) is 5.65 Å². The van der Waals surface area contributed by atoms with E-state index in [0.717, 1.165) is 31.5 Å². The molecule has 0 aliphatic carbocycles. The van der Waals surface area contributed by atoms with Gasteiger partial charge in [0, 0.05) is 24.2 Å². The molecule has 1 unspecified atom stereocenters. The van der Waals surface area contributed by atoms with Gasteiger partial charge in [0.15, 0.2) is 5.65 Å². The van der Waals surface area contributed by atoms with E-state index in [1.54, 1.807) is 6.33 Å². The maximum Gasteiger partial charge on any atom is 0.348 e. The molecule has 110 valence electrons. The van der Waals surface area contributed by atoms with Crippen LogP contribution in [0.5, 0.6) is 0 Å². The molecule has 0 bridgehead atoms. The quantitative estimate of drug-likeness (QED) is 0.801. The van der Waals surface area contributed by atoms with Gasteiger partial charge in [-0.15, -0.1) is 0 Å². The largest absolute Gasteiger partial charge is 0.348 e. The zero-order valence-corrected chi connectivity index (χ0v) is 12.4. The summed E-state index contributed by atoms with van der Waals surface area (Å²) >= 11 is 0. The van der Waals surface area contributed by atoms with Crippen molar-refractivity contribution < 1.29 is 0 Å². The highest BCUT2D eigenvalue weighted by Crippen LogP contribution is 2.10. The number of hydrogen-bond acceptors (Lipinski definition) is 4. The Kier molecular flexibility index (Phi) is 4.89. The van der Waals surface area contributed by atoms with Gasteiger partial charge < -0.3 is 5.32 Å². The predicted octanol–water partition coefficient (Wildman–Crippen LogP) is 1.37. The van der Waals surface area contributed by atoms with Crippen LogP contribution < -0.4 is 11.0 Å². The summed E-state index contributed by atoms with van der Waals surface area (Å²) in [6.07, 6.45) is 4.63. The van der Waals surface area contributed by atoms with Crippen molar-refractivity contribution in [1.82, 2.24) is 24.9 Å². The fraction of sp³-hybridized carbons (Fsp3) is 0.643. The number of aromatic amines is 1. The molecule has 6 heteroatoms. The zero-order valence-electron chi connectivity index (χ0n) is 12.4. The van der Waals surface area contributed by atoms with Crippen LogP contribution in [0.15, 0.2) is 17.2 Å². The molecular weight excluding hydrogens is 254 g/mol. The number of fused-ring (bicyclic) bond motifs is 1. The van der Waals surface area contributed by atoms with Crippen molar-refractivity contribution >= 4 is 5.65 Å². The molecule has 6 nitrogen and oxygen atoms in total. The minimum Gasteiger partial charge on any atom is -0.314 e. The summed E-state index contributed by atoms with van der Waals surface area (Å²) in [6, 6.07) is 2.29. The third-order valence-electron chi connectivity index (χ3n) is 3.26. The fourth-order valence-corrected chi connectivity index (χ4v) is 2.37. The highest BCUT2D eigenvalue weighted by atomic mass is 16.1. The van der Waals surface area contributed by atoms with E-state index in [1.807, 2.05) is 6.07 Å². The second-order valence-electron chi connectivity index (χ2n) is 5.62. The topological polar surface area (TPSA) is 75.1 Å². The summed E-state index contributed by atoms with van der Waals surface area (Å²) in [4.78, 5) is 15.7. The molecule has 0 fully saturated rings. The average Bonchev–Trinajstić information content (AvgIpc) is 2.77. The predicted molar refractivity (Wildman–Crippen MR) is 78.8 cm³/mol. The second kappa shape index (κ2) is 6.65. The summed E-state index contributed by atoms with van der Waals surface area (Å²) < 4.78 is 1.42. The zero-order chi connectivity index (χ0) is 14.5. The standard InChI is InChI=1S/C14H23N5O/c1-4-5-15-11(6-10(2)3)7-12-8-13-17-18-14(20)19(13)9-16-12/h8-11,15H,4-7H2,1-3H3,(H,18,20). The molecule has 1 atom stereocenters. The Bertz CT molecular complexity index is 601. The summed E-state index contributed by atoms with van der Waals surface area (Å²) in [5, 5.41) is 9.97. The number of aromatic nitrogens is 4. The SMILES string of the molecule is CCCNC(Cc1cc2n[nH]c(=O)n2cn1)CC(C)C. The second-order valence-corrected chi connectivity index (χ2v) is 5.62. The van der Waals surface area contributed by atoms with E-state index in [0.29, 0.717) is 17.6 Å². The molecule has 0 spiro atoms. The van der Waals surface area contributed by atoms with Gasteiger partial charge >= 0.3 is 5.69 Å². The third-order valence-corrected chi connectivity index (χ3v) is 3.26. The number of hydrogen-bond donors (Lipinski definition) is 2. The smallest absolute Gasteiger partial charge is 0.314 e. The maximum absolute atomic E-state index is 11.4. The Morgan fingerprint density at radius 1 is 1.45 bits per heavy atom. The molecule has 0 saturated carbocycles. The van der Waals surface area contributed by atoms with E-state index in [2.05, 4.69) is 41.3 Å². The van der Waals surface area contributed by atoms with Crippen molar-refractivity contribution in [2.45, 2.75) is 46.1 Å². The molecular formula is C14H23N5O. The molecule has 2 N–H and O–H groups in total. The Hall–Kier alpha value is -1.69.